The van der Waals surface area contributed by atoms with Gasteiger partial charge in [0.1, 0.15) is 12.1 Å². The van der Waals surface area contributed by atoms with Crippen LogP contribution in [0.15, 0.2) is 0 Å². The highest BCUT2D eigenvalue weighted by Crippen LogP contribution is 2.17. The lowest BCUT2D eigenvalue weighted by atomic mass is 9.94. The van der Waals surface area contributed by atoms with E-state index in [0.29, 0.717) is 13.2 Å². The topological polar surface area (TPSA) is 58.6 Å². The predicted molar refractivity (Wildman–Crippen MR) is 64.4 cm³/mol. The molecule has 1 heterocycles. The van der Waals surface area contributed by atoms with Gasteiger partial charge in [-0.25, -0.2) is 0 Å². The average molecular weight is 242 g/mol. The Labute approximate surface area is 102 Å². The fourth-order valence-electron chi connectivity index (χ4n) is 1.96. The van der Waals surface area contributed by atoms with Gasteiger partial charge in [0, 0.05) is 13.7 Å². The molecule has 1 rings (SSSR count). The van der Waals surface area contributed by atoms with Gasteiger partial charge < -0.3 is 15.0 Å². The zero-order valence-electron chi connectivity index (χ0n) is 11.0. The molecule has 0 radical (unpaired) electrons. The summed E-state index contributed by atoms with van der Waals surface area (Å²) in [5.41, 5.74) is 0. The number of rotatable bonds is 5. The molecule has 3 unspecified atom stereocenters. The van der Waals surface area contributed by atoms with E-state index in [4.69, 9.17) is 4.74 Å². The van der Waals surface area contributed by atoms with Crippen molar-refractivity contribution in [2.75, 3.05) is 20.3 Å². The third kappa shape index (κ3) is 2.97. The molecule has 17 heavy (non-hydrogen) atoms. The molecule has 1 N–H and O–H groups in total. The molecule has 1 saturated heterocycles. The van der Waals surface area contributed by atoms with Crippen molar-refractivity contribution in [3.05, 3.63) is 0 Å². The van der Waals surface area contributed by atoms with Crippen molar-refractivity contribution in [3.8, 4) is 0 Å². The first-order valence-corrected chi connectivity index (χ1v) is 6.12. The van der Waals surface area contributed by atoms with Gasteiger partial charge in [0.25, 0.3) is 0 Å². The van der Waals surface area contributed by atoms with Crippen molar-refractivity contribution in [2.45, 2.75) is 39.3 Å². The number of hydrogen-bond acceptors (Lipinski definition) is 3. The van der Waals surface area contributed by atoms with Crippen LogP contribution in [-0.2, 0) is 14.3 Å². The minimum Gasteiger partial charge on any atom is -0.383 e. The highest BCUT2D eigenvalue weighted by atomic mass is 16.5. The molecule has 3 atom stereocenters. The summed E-state index contributed by atoms with van der Waals surface area (Å²) in [7, 11) is 1.59. The number of amides is 2. The molecule has 0 aromatic carbocycles. The highest BCUT2D eigenvalue weighted by Gasteiger charge is 2.39. The summed E-state index contributed by atoms with van der Waals surface area (Å²) >= 11 is 0. The molecule has 0 bridgehead atoms. The maximum Gasteiger partial charge on any atom is 0.246 e. The Morgan fingerprint density at radius 3 is 2.65 bits per heavy atom. The van der Waals surface area contributed by atoms with Gasteiger partial charge in [0.05, 0.1) is 6.61 Å². The lowest BCUT2D eigenvalue weighted by Gasteiger charge is -2.39. The summed E-state index contributed by atoms with van der Waals surface area (Å²) < 4.78 is 4.97. The second kappa shape index (κ2) is 6.00. The third-order valence-corrected chi connectivity index (χ3v) is 3.44. The van der Waals surface area contributed by atoms with Crippen LogP contribution in [-0.4, -0.2) is 49.1 Å². The first kappa shape index (κ1) is 14.0. The van der Waals surface area contributed by atoms with Crippen molar-refractivity contribution < 1.29 is 14.3 Å². The molecule has 1 aliphatic rings. The van der Waals surface area contributed by atoms with Crippen LogP contribution in [0.1, 0.15) is 27.2 Å². The van der Waals surface area contributed by atoms with Gasteiger partial charge in [0.15, 0.2) is 0 Å². The molecule has 98 valence electrons. The smallest absolute Gasteiger partial charge is 0.246 e. The number of nitrogens with zero attached hydrogens (tertiary/aromatic N) is 1. The Kier molecular flexibility index (Phi) is 4.93. The summed E-state index contributed by atoms with van der Waals surface area (Å²) in [5, 5.41) is 2.80. The van der Waals surface area contributed by atoms with Crippen molar-refractivity contribution in [1.82, 2.24) is 10.2 Å². The van der Waals surface area contributed by atoms with Gasteiger partial charge in [-0.2, -0.15) is 0 Å². The molecule has 5 nitrogen and oxygen atoms in total. The molecule has 0 aliphatic carbocycles. The van der Waals surface area contributed by atoms with E-state index in [2.05, 4.69) is 5.32 Å². The van der Waals surface area contributed by atoms with Gasteiger partial charge in [-0.05, 0) is 12.8 Å². The molecular formula is C12H22N2O3. The maximum absolute atomic E-state index is 12.2. The molecule has 0 spiro atoms. The zero-order chi connectivity index (χ0) is 13.0. The van der Waals surface area contributed by atoms with E-state index in [1.165, 1.54) is 0 Å². The van der Waals surface area contributed by atoms with Crippen LogP contribution in [0.2, 0.25) is 0 Å². The van der Waals surface area contributed by atoms with Crippen molar-refractivity contribution in [3.63, 3.8) is 0 Å². The van der Waals surface area contributed by atoms with Crippen molar-refractivity contribution in [2.24, 2.45) is 5.92 Å². The van der Waals surface area contributed by atoms with Gasteiger partial charge in [0.2, 0.25) is 11.8 Å². The van der Waals surface area contributed by atoms with Gasteiger partial charge >= 0.3 is 0 Å². The second-order valence-electron chi connectivity index (χ2n) is 4.57. The van der Waals surface area contributed by atoms with Crippen LogP contribution >= 0.6 is 0 Å². The molecule has 0 saturated carbocycles. The van der Waals surface area contributed by atoms with Crippen LogP contribution in [0, 0.1) is 5.92 Å². The van der Waals surface area contributed by atoms with E-state index in [0.717, 1.165) is 6.42 Å². The number of carbonyl (C=O) groups excluding carboxylic acids is 2. The standard InChI is InChI=1S/C12H22N2O3/c1-5-8(2)10-12(16)14(6-7-17-4)9(3)11(15)13-10/h8-10H,5-7H2,1-4H3,(H,13,15). The Morgan fingerprint density at radius 2 is 2.12 bits per heavy atom. The van der Waals surface area contributed by atoms with Gasteiger partial charge in [-0.15, -0.1) is 0 Å². The van der Waals surface area contributed by atoms with E-state index in [9.17, 15) is 9.59 Å². The van der Waals surface area contributed by atoms with Crippen LogP contribution in [0.4, 0.5) is 0 Å². The quantitative estimate of drug-likeness (QED) is 0.759. The predicted octanol–water partition coefficient (Wildman–Crippen LogP) is 0.394. The largest absolute Gasteiger partial charge is 0.383 e. The van der Waals surface area contributed by atoms with E-state index >= 15 is 0 Å². The minimum atomic E-state index is -0.405. The summed E-state index contributed by atoms with van der Waals surface area (Å²) in [6.07, 6.45) is 0.864. The average Bonchev–Trinajstić information content (AvgIpc) is 2.33. The molecule has 0 aromatic heterocycles. The van der Waals surface area contributed by atoms with Crippen LogP contribution in [0.25, 0.3) is 0 Å². The lowest BCUT2D eigenvalue weighted by molar-refractivity contribution is -0.150. The molecule has 1 aliphatic heterocycles. The molecule has 0 aromatic rings. The number of nitrogens with one attached hydrogen (secondary N) is 1. The van der Waals surface area contributed by atoms with Crippen LogP contribution < -0.4 is 5.32 Å². The maximum atomic E-state index is 12.2. The lowest BCUT2D eigenvalue weighted by Crippen LogP contribution is -2.64. The van der Waals surface area contributed by atoms with E-state index in [-0.39, 0.29) is 23.8 Å². The van der Waals surface area contributed by atoms with Gasteiger partial charge in [-0.3, -0.25) is 9.59 Å². The highest BCUT2D eigenvalue weighted by molar-refractivity contribution is 5.96. The van der Waals surface area contributed by atoms with Crippen molar-refractivity contribution >= 4 is 11.8 Å². The Balaban J connectivity index is 2.79. The van der Waals surface area contributed by atoms with E-state index in [1.54, 1.807) is 18.9 Å². The van der Waals surface area contributed by atoms with E-state index in [1.807, 2.05) is 13.8 Å². The summed E-state index contributed by atoms with van der Waals surface area (Å²) in [6.45, 7) is 6.66. The normalized spacial score (nSPS) is 26.9. The second-order valence-corrected chi connectivity index (χ2v) is 4.57. The minimum absolute atomic E-state index is 0.00324. The monoisotopic (exact) mass is 242 g/mol. The molecule has 5 heteroatoms. The number of ether oxygens (including phenoxy) is 1. The van der Waals surface area contributed by atoms with Crippen LogP contribution in [0.3, 0.4) is 0 Å². The fourth-order valence-corrected chi connectivity index (χ4v) is 1.96. The zero-order valence-corrected chi connectivity index (χ0v) is 11.0. The number of hydrogen-bond donors (Lipinski definition) is 1. The Bertz CT molecular complexity index is 293. The number of carbonyl (C=O) groups is 2. The van der Waals surface area contributed by atoms with Crippen molar-refractivity contribution in [1.29, 1.82) is 0 Å². The Morgan fingerprint density at radius 1 is 1.47 bits per heavy atom. The Hall–Kier alpha value is -1.10. The molecule has 1 fully saturated rings. The molecular weight excluding hydrogens is 220 g/mol. The SMILES string of the molecule is CCC(C)C1NC(=O)C(C)N(CCOC)C1=O. The first-order valence-electron chi connectivity index (χ1n) is 6.12. The number of piperazine rings is 1. The van der Waals surface area contributed by atoms with Crippen LogP contribution in [0.5, 0.6) is 0 Å². The van der Waals surface area contributed by atoms with Gasteiger partial charge in [-0.1, -0.05) is 20.3 Å². The summed E-state index contributed by atoms with van der Waals surface area (Å²) in [6, 6.07) is -0.793. The first-order chi connectivity index (χ1) is 8.02. The fraction of sp³-hybridized carbons (Fsp3) is 0.833. The number of methoxy groups -OCH3 is 1. The third-order valence-electron chi connectivity index (χ3n) is 3.44. The summed E-state index contributed by atoms with van der Waals surface area (Å²) in [5.74, 6) is 0.0819. The van der Waals surface area contributed by atoms with E-state index < -0.39 is 6.04 Å². The molecule has 2 amide bonds. The summed E-state index contributed by atoms with van der Waals surface area (Å²) in [4.78, 5) is 25.7.